The highest BCUT2D eigenvalue weighted by atomic mass is 19.4. The summed E-state index contributed by atoms with van der Waals surface area (Å²) in [5, 5.41) is 15.1. The number of benzene rings is 1. The summed E-state index contributed by atoms with van der Waals surface area (Å²) in [5.74, 6) is 0.0736. The predicted octanol–water partition coefficient (Wildman–Crippen LogP) is 3.92. The minimum atomic E-state index is -4.62. The van der Waals surface area contributed by atoms with Crippen molar-refractivity contribution in [2.75, 3.05) is 31.1 Å². The summed E-state index contributed by atoms with van der Waals surface area (Å²) in [7, 11) is 0. The first-order valence-electron chi connectivity index (χ1n) is 12.4. The van der Waals surface area contributed by atoms with Crippen LogP contribution in [-0.4, -0.2) is 69.5 Å². The molecule has 3 unspecified atom stereocenters. The van der Waals surface area contributed by atoms with Crippen LogP contribution in [0.15, 0.2) is 41.5 Å². The van der Waals surface area contributed by atoms with E-state index in [-0.39, 0.29) is 11.5 Å². The fourth-order valence-electron chi connectivity index (χ4n) is 5.43. The number of β-amino-alcohol motifs (C(OH)–C–C–N with tert-alkyl or cyclic N) is 1. The summed E-state index contributed by atoms with van der Waals surface area (Å²) >= 11 is 0. The lowest BCUT2D eigenvalue weighted by atomic mass is 9.97. The quantitative estimate of drug-likeness (QED) is 0.522. The first kappa shape index (κ1) is 25.2. The molecular weight excluding hydrogens is 485 g/mol. The Morgan fingerprint density at radius 3 is 2.78 bits per heavy atom. The van der Waals surface area contributed by atoms with Gasteiger partial charge in [-0.05, 0) is 45.0 Å². The number of amides is 1. The fraction of sp³-hybridized carbons (Fsp3) is 0.462. The van der Waals surface area contributed by atoms with E-state index >= 15 is 0 Å². The second-order valence-electron chi connectivity index (χ2n) is 9.81. The molecule has 5 rings (SSSR count). The summed E-state index contributed by atoms with van der Waals surface area (Å²) < 4.78 is 42.5. The van der Waals surface area contributed by atoms with Gasteiger partial charge in [0.2, 0.25) is 0 Å². The van der Waals surface area contributed by atoms with Gasteiger partial charge in [-0.1, -0.05) is 12.1 Å². The minimum absolute atomic E-state index is 0.0169. The molecule has 2 aromatic heterocycles. The summed E-state index contributed by atoms with van der Waals surface area (Å²) in [6, 6.07) is 6.25. The van der Waals surface area contributed by atoms with Gasteiger partial charge in [-0.15, -0.1) is 0 Å². The molecule has 1 amide bonds. The van der Waals surface area contributed by atoms with Crippen molar-refractivity contribution in [1.82, 2.24) is 19.5 Å². The van der Waals surface area contributed by atoms with E-state index in [1.165, 1.54) is 23.1 Å². The molecule has 196 valence electrons. The molecular formula is C26H29F3N6O2. The number of aliphatic hydroxyl groups excluding tert-OH is 1. The van der Waals surface area contributed by atoms with Crippen LogP contribution in [0.4, 0.5) is 19.0 Å². The molecule has 3 atom stereocenters. The Bertz CT molecular complexity index is 1320. The van der Waals surface area contributed by atoms with Crippen molar-refractivity contribution in [3.8, 4) is 0 Å². The van der Waals surface area contributed by atoms with Gasteiger partial charge in [0.25, 0.3) is 5.91 Å². The number of carbonyl (C=O) groups is 1. The van der Waals surface area contributed by atoms with Crippen LogP contribution in [0.5, 0.6) is 0 Å². The maximum absolute atomic E-state index is 13.6. The number of aliphatic imine (C=N–C) groups is 1. The lowest BCUT2D eigenvalue weighted by Gasteiger charge is -2.35. The van der Waals surface area contributed by atoms with Gasteiger partial charge < -0.3 is 19.9 Å². The zero-order valence-corrected chi connectivity index (χ0v) is 20.5. The highest BCUT2D eigenvalue weighted by molar-refractivity contribution is 5.96. The van der Waals surface area contributed by atoms with Crippen LogP contribution in [0.3, 0.4) is 0 Å². The van der Waals surface area contributed by atoms with Crippen LogP contribution in [0.25, 0.3) is 5.65 Å². The zero-order valence-electron chi connectivity index (χ0n) is 20.5. The van der Waals surface area contributed by atoms with E-state index in [9.17, 15) is 23.1 Å². The van der Waals surface area contributed by atoms with Crippen LogP contribution in [0.2, 0.25) is 0 Å². The number of likely N-dealkylation sites (tertiary alicyclic amines) is 1. The molecule has 8 nitrogen and oxygen atoms in total. The monoisotopic (exact) mass is 514 g/mol. The number of halogens is 3. The molecule has 2 saturated heterocycles. The van der Waals surface area contributed by atoms with Gasteiger partial charge in [0.1, 0.15) is 5.82 Å². The number of aryl methyl sites for hydroxylation is 1. The number of anilines is 1. The van der Waals surface area contributed by atoms with Crippen molar-refractivity contribution in [1.29, 1.82) is 0 Å². The number of piperidine rings is 1. The number of hydrogen-bond donors (Lipinski definition) is 1. The largest absolute Gasteiger partial charge is 0.417 e. The molecule has 0 aliphatic carbocycles. The van der Waals surface area contributed by atoms with Crippen LogP contribution in [0, 0.1) is 12.8 Å². The number of hydrogen-bond acceptors (Lipinski definition) is 6. The van der Waals surface area contributed by atoms with Crippen LogP contribution in [-0.2, 0) is 6.18 Å². The second-order valence-corrected chi connectivity index (χ2v) is 9.81. The maximum atomic E-state index is 13.6. The molecule has 3 aromatic rings. The first-order valence-corrected chi connectivity index (χ1v) is 12.4. The summed E-state index contributed by atoms with van der Waals surface area (Å²) in [4.78, 5) is 25.6. The van der Waals surface area contributed by atoms with Crippen molar-refractivity contribution < 1.29 is 23.1 Å². The van der Waals surface area contributed by atoms with E-state index in [4.69, 9.17) is 4.98 Å². The van der Waals surface area contributed by atoms with Crippen molar-refractivity contribution >= 4 is 24.1 Å². The molecule has 0 radical (unpaired) electrons. The van der Waals surface area contributed by atoms with E-state index in [1.54, 1.807) is 10.6 Å². The van der Waals surface area contributed by atoms with E-state index in [1.807, 2.05) is 18.0 Å². The number of rotatable bonds is 5. The topological polar surface area (TPSA) is 86.3 Å². The number of alkyl halides is 3. The Labute approximate surface area is 212 Å². The molecule has 4 heterocycles. The van der Waals surface area contributed by atoms with Crippen molar-refractivity contribution in [3.05, 3.63) is 58.9 Å². The van der Waals surface area contributed by atoms with Gasteiger partial charge in [0, 0.05) is 49.9 Å². The third kappa shape index (κ3) is 4.79. The predicted molar refractivity (Wildman–Crippen MR) is 133 cm³/mol. The fourth-order valence-corrected chi connectivity index (χ4v) is 5.43. The van der Waals surface area contributed by atoms with Crippen molar-refractivity contribution in [3.63, 3.8) is 0 Å². The highest BCUT2D eigenvalue weighted by Gasteiger charge is 2.38. The molecule has 2 aliphatic heterocycles. The molecule has 1 aromatic carbocycles. The molecule has 0 spiro atoms. The Kier molecular flexibility index (Phi) is 6.65. The highest BCUT2D eigenvalue weighted by Crippen LogP contribution is 2.36. The Morgan fingerprint density at radius 1 is 1.24 bits per heavy atom. The normalized spacial score (nSPS) is 22.6. The van der Waals surface area contributed by atoms with E-state index in [2.05, 4.69) is 16.8 Å². The summed E-state index contributed by atoms with van der Waals surface area (Å²) in [6.07, 6.45) is -1.15. The molecule has 11 heteroatoms. The number of nitrogens with zero attached hydrogens (tertiary/aromatic N) is 6. The summed E-state index contributed by atoms with van der Waals surface area (Å²) in [5.41, 5.74) is 0.759. The third-order valence-corrected chi connectivity index (χ3v) is 7.26. The molecule has 37 heavy (non-hydrogen) atoms. The number of carbonyl (C=O) groups excluding carboxylic acids is 1. The standard InChI is InChI=1S/C26H29F3N6O2/c1-16-13-35-23(31-24(16)33-14-17(12-30-2)22(36)15-33)11-20(32-35)21-9-5-6-10-34(21)25(37)18-7-3-4-8-19(18)26(27,28)29/h3-4,7-8,11,13,17,21-22,36H,2,5-6,9-10,12,14-15H2,1H3. The third-order valence-electron chi connectivity index (χ3n) is 7.26. The average molecular weight is 515 g/mol. The maximum Gasteiger partial charge on any atom is 0.417 e. The van der Waals surface area contributed by atoms with Gasteiger partial charge in [-0.2, -0.15) is 18.3 Å². The first-order chi connectivity index (χ1) is 17.7. The second kappa shape index (κ2) is 9.77. The number of aliphatic hydroxyl groups is 1. The number of fused-ring (bicyclic) bond motifs is 1. The van der Waals surface area contributed by atoms with Gasteiger partial charge >= 0.3 is 6.18 Å². The molecule has 2 fully saturated rings. The average Bonchev–Trinajstić information content (AvgIpc) is 3.45. The Hall–Kier alpha value is -3.47. The Morgan fingerprint density at radius 2 is 2.03 bits per heavy atom. The van der Waals surface area contributed by atoms with Crippen LogP contribution in [0.1, 0.15) is 52.5 Å². The Balaban J connectivity index is 1.46. The van der Waals surface area contributed by atoms with Crippen molar-refractivity contribution in [2.24, 2.45) is 10.9 Å². The van der Waals surface area contributed by atoms with Gasteiger partial charge in [-0.25, -0.2) is 9.50 Å². The summed E-state index contributed by atoms with van der Waals surface area (Å²) in [6.45, 7) is 7.31. The van der Waals surface area contributed by atoms with E-state index in [0.29, 0.717) is 50.4 Å². The van der Waals surface area contributed by atoms with Gasteiger partial charge in [0.05, 0.1) is 29.0 Å². The van der Waals surface area contributed by atoms with E-state index < -0.39 is 29.8 Å². The van der Waals surface area contributed by atoms with Crippen LogP contribution < -0.4 is 4.90 Å². The van der Waals surface area contributed by atoms with Crippen molar-refractivity contribution in [2.45, 2.75) is 44.5 Å². The SMILES string of the molecule is C=NCC1CN(c2nc3cc(C4CCCCN4C(=O)c4ccccc4C(F)(F)F)nn3cc2C)CC1O. The smallest absolute Gasteiger partial charge is 0.391 e. The van der Waals surface area contributed by atoms with E-state index in [0.717, 1.165) is 23.9 Å². The molecule has 1 N–H and O–H groups in total. The van der Waals surface area contributed by atoms with Gasteiger partial charge in [-0.3, -0.25) is 4.79 Å². The number of aromatic nitrogens is 3. The van der Waals surface area contributed by atoms with Crippen LogP contribution >= 0.6 is 0 Å². The van der Waals surface area contributed by atoms with Gasteiger partial charge in [0.15, 0.2) is 5.65 Å². The molecule has 0 bridgehead atoms. The zero-order chi connectivity index (χ0) is 26.3. The lowest BCUT2D eigenvalue weighted by Crippen LogP contribution is -2.39. The lowest BCUT2D eigenvalue weighted by molar-refractivity contribution is -0.138. The molecule has 2 aliphatic rings. The molecule has 0 saturated carbocycles. The minimum Gasteiger partial charge on any atom is -0.391 e.